The van der Waals surface area contributed by atoms with E-state index in [1.165, 1.54) is 12.2 Å². The molecule has 0 heterocycles. The van der Waals surface area contributed by atoms with E-state index in [9.17, 15) is 0 Å². The summed E-state index contributed by atoms with van der Waals surface area (Å²) in [6.45, 7) is 9.44. The monoisotopic (exact) mass is 533 g/mol. The third-order valence-electron chi connectivity index (χ3n) is 0.111. The summed E-state index contributed by atoms with van der Waals surface area (Å²) in [5.74, 6) is 0. The molecule has 0 unspecified atom stereocenters. The molecule has 0 spiro atoms. The predicted molar refractivity (Wildman–Crippen MR) is 30.1 cm³/mol. The Morgan fingerprint density at radius 2 is 1.36 bits per heavy atom. The quantitative estimate of drug-likeness (QED) is 0.224. The second-order valence-corrected chi connectivity index (χ2v) is 1.67. The Morgan fingerprint density at radius 3 is 1.36 bits per heavy atom. The molecular formula is C4H5O4Os2S-3. The van der Waals surface area contributed by atoms with Crippen LogP contribution in [0.2, 0.25) is 0 Å². The zero-order chi connectivity index (χ0) is 9.91. The van der Waals surface area contributed by atoms with E-state index in [0.29, 0.717) is 0 Å². The van der Waals surface area contributed by atoms with E-state index in [1.807, 2.05) is 30.8 Å². The molecule has 0 aliphatic carbocycles. The molecule has 7 heteroatoms. The molecule has 0 aromatic carbocycles. The summed E-state index contributed by atoms with van der Waals surface area (Å²) in [4.78, 5) is 0. The van der Waals surface area contributed by atoms with E-state index in [-0.39, 0.29) is 0 Å². The van der Waals surface area contributed by atoms with Crippen LogP contribution in [0.25, 0.3) is 0 Å². The minimum atomic E-state index is -4.92. The Morgan fingerprint density at radius 1 is 1.27 bits per heavy atom. The first-order valence-corrected chi connectivity index (χ1v) is 11.4. The van der Waals surface area contributed by atoms with Gasteiger partial charge >= 0.3 is 30.8 Å². The van der Waals surface area contributed by atoms with Gasteiger partial charge in [-0.2, -0.15) is 0 Å². The molecule has 0 fully saturated rings. The third-order valence-corrected chi connectivity index (χ3v) is 0.111. The van der Waals surface area contributed by atoms with Crippen LogP contribution in [0.1, 0.15) is 0 Å². The molecule has 0 aliphatic heterocycles. The number of rotatable bonds is 1. The van der Waals surface area contributed by atoms with Crippen LogP contribution in [0.15, 0.2) is 12.2 Å². The SMILES string of the molecule is O=S(=O)([O-])O.[CH-]=CC=[CH-].[Os]=[Os]. The molecule has 0 radical (unpaired) electrons. The van der Waals surface area contributed by atoms with E-state index in [1.54, 1.807) is 0 Å². The van der Waals surface area contributed by atoms with Crippen molar-refractivity contribution in [3.8, 4) is 0 Å². The fourth-order valence-corrected chi connectivity index (χ4v) is 0. The number of allylic oxidation sites excluding steroid dienone is 2. The molecule has 0 amide bonds. The van der Waals surface area contributed by atoms with E-state index < -0.39 is 10.4 Å². The third kappa shape index (κ3) is 300. The average molecular weight is 530 g/mol. The van der Waals surface area contributed by atoms with Crippen molar-refractivity contribution in [3.63, 3.8) is 0 Å². The van der Waals surface area contributed by atoms with Crippen LogP contribution in [-0.4, -0.2) is 17.5 Å². The van der Waals surface area contributed by atoms with Gasteiger partial charge in [0, 0.05) is 0 Å². The van der Waals surface area contributed by atoms with Crippen LogP contribution in [0.4, 0.5) is 0 Å². The molecule has 1 N–H and O–H groups in total. The zero-order valence-corrected chi connectivity index (χ0v) is 11.0. The predicted octanol–water partition coefficient (Wildman–Crippen LogP) is -0.0356. The Kier molecular flexibility index (Phi) is 21.2. The summed E-state index contributed by atoms with van der Waals surface area (Å²) in [6.07, 6.45) is 2.56. The van der Waals surface area contributed by atoms with Gasteiger partial charge in [-0.15, -0.1) is 0 Å². The normalized spacial score (nSPS) is 7.64. The maximum absolute atomic E-state index is 8.63. The molecule has 0 aromatic heterocycles. The van der Waals surface area contributed by atoms with Gasteiger partial charge in [-0.25, -0.2) is 8.42 Å². The van der Waals surface area contributed by atoms with Crippen molar-refractivity contribution in [1.82, 2.24) is 0 Å². The minimum absolute atomic E-state index is 1.28. The van der Waals surface area contributed by atoms with Gasteiger partial charge in [0.25, 0.3) is 0 Å². The Balaban J connectivity index is -0.0000000965. The fraction of sp³-hybridized carbons (Fsp3) is 0. The molecule has 0 saturated carbocycles. The van der Waals surface area contributed by atoms with Crippen LogP contribution in [-0.2, 0) is 41.2 Å². The summed E-state index contributed by atoms with van der Waals surface area (Å²) in [5, 5.41) is 0. The van der Waals surface area contributed by atoms with Crippen molar-refractivity contribution < 1.29 is 48.4 Å². The van der Waals surface area contributed by atoms with Gasteiger partial charge in [0.05, 0.1) is 0 Å². The van der Waals surface area contributed by atoms with E-state index in [4.69, 9.17) is 30.7 Å². The van der Waals surface area contributed by atoms with Crippen molar-refractivity contribution >= 4 is 10.4 Å². The Hall–Kier alpha value is 0.623. The van der Waals surface area contributed by atoms with Gasteiger partial charge in [0.2, 0.25) is 10.4 Å². The van der Waals surface area contributed by atoms with Crippen molar-refractivity contribution in [2.24, 2.45) is 0 Å². The molecule has 0 aromatic rings. The van der Waals surface area contributed by atoms with Crippen LogP contribution in [0.3, 0.4) is 0 Å². The van der Waals surface area contributed by atoms with Gasteiger partial charge in [-0.05, 0) is 0 Å². The summed E-state index contributed by atoms with van der Waals surface area (Å²) >= 11 is 3.78. The first-order chi connectivity index (χ1) is 4.91. The molecular weight excluding hydrogens is 525 g/mol. The van der Waals surface area contributed by atoms with Gasteiger partial charge in [0.1, 0.15) is 0 Å². The van der Waals surface area contributed by atoms with Crippen molar-refractivity contribution in [2.75, 3.05) is 0 Å². The summed E-state index contributed by atoms with van der Waals surface area (Å²) < 4.78 is 32.8. The van der Waals surface area contributed by atoms with Gasteiger partial charge in [0.15, 0.2) is 0 Å². The molecule has 11 heavy (non-hydrogen) atoms. The standard InChI is InChI=1S/C4H4.H2O4S.2Os/c1-3-4-2;1-5(2,3)4;;/h1-4H;(H2,1,2,3,4);;/q-2;;;/p-1. The van der Waals surface area contributed by atoms with Crippen LogP contribution < -0.4 is 0 Å². The van der Waals surface area contributed by atoms with E-state index in [0.717, 1.165) is 0 Å². The molecule has 70 valence electrons. The first kappa shape index (κ1) is 17.6. The molecule has 0 bridgehead atoms. The molecule has 0 saturated heterocycles. The topological polar surface area (TPSA) is 77.4 Å². The van der Waals surface area contributed by atoms with Crippen molar-refractivity contribution in [3.05, 3.63) is 25.3 Å². The number of hydrogen-bond donors (Lipinski definition) is 1. The first-order valence-electron chi connectivity index (χ1n) is 1.81. The molecule has 0 atom stereocenters. The second-order valence-electron chi connectivity index (χ2n) is 0.813. The zero-order valence-electron chi connectivity index (χ0n) is 5.10. The fourth-order valence-electron chi connectivity index (χ4n) is 0. The number of hydrogen-bond acceptors (Lipinski definition) is 3. The molecule has 4 nitrogen and oxygen atoms in total. The van der Waals surface area contributed by atoms with Gasteiger partial charge in [-0.1, -0.05) is 0 Å². The van der Waals surface area contributed by atoms with Crippen LogP contribution in [0.5, 0.6) is 0 Å². The molecule has 0 aliphatic rings. The van der Waals surface area contributed by atoms with Crippen LogP contribution >= 0.6 is 0 Å². The van der Waals surface area contributed by atoms with E-state index >= 15 is 0 Å². The maximum atomic E-state index is 8.63. The second kappa shape index (κ2) is 13.2. The van der Waals surface area contributed by atoms with Gasteiger partial charge in [-0.3, -0.25) is 4.55 Å². The van der Waals surface area contributed by atoms with Crippen molar-refractivity contribution in [1.29, 1.82) is 0 Å². The molecule has 0 rings (SSSR count). The summed E-state index contributed by atoms with van der Waals surface area (Å²) in [7, 11) is -4.92. The Labute approximate surface area is 83.7 Å². The Bertz CT molecular complexity index is 172. The van der Waals surface area contributed by atoms with Crippen LogP contribution in [0, 0.1) is 13.2 Å². The summed E-state index contributed by atoms with van der Waals surface area (Å²) in [6, 6.07) is 0. The van der Waals surface area contributed by atoms with Crippen molar-refractivity contribution in [2.45, 2.75) is 0 Å². The van der Waals surface area contributed by atoms with E-state index in [2.05, 4.69) is 0 Å². The average Bonchev–Trinajstić information content (AvgIpc) is 1.89. The van der Waals surface area contributed by atoms with Gasteiger partial charge < -0.3 is 29.9 Å². The summed E-state index contributed by atoms with van der Waals surface area (Å²) in [5.41, 5.74) is 0.